The Morgan fingerprint density at radius 3 is 2.18 bits per heavy atom. The lowest BCUT2D eigenvalue weighted by Gasteiger charge is -2.27. The van der Waals surface area contributed by atoms with Gasteiger partial charge in [-0.3, -0.25) is 13.9 Å². The maximum atomic E-state index is 12.7. The van der Waals surface area contributed by atoms with Crippen molar-refractivity contribution in [2.24, 2.45) is 5.10 Å². The van der Waals surface area contributed by atoms with E-state index >= 15 is 0 Å². The molecule has 10 nitrogen and oxygen atoms in total. The Kier molecular flexibility index (Phi) is 10.4. The first-order valence-electron chi connectivity index (χ1n) is 12.3. The van der Waals surface area contributed by atoms with Crippen LogP contribution in [0.25, 0.3) is 0 Å². The average molecular weight is 553 g/mol. The van der Waals surface area contributed by atoms with Gasteiger partial charge in [-0.2, -0.15) is 5.10 Å². The molecule has 1 atom stereocenters. The molecule has 3 rings (SSSR count). The maximum Gasteiger partial charge on any atom is 0.263 e. The highest BCUT2D eigenvalue weighted by atomic mass is 32.2. The maximum absolute atomic E-state index is 12.7. The molecule has 3 aromatic carbocycles. The lowest BCUT2D eigenvalue weighted by Crippen LogP contribution is -2.46. The fourth-order valence-corrected chi connectivity index (χ4v) is 4.75. The zero-order chi connectivity index (χ0) is 28.3. The van der Waals surface area contributed by atoms with Crippen LogP contribution in [-0.2, 0) is 26.2 Å². The first-order valence-corrected chi connectivity index (χ1v) is 14.1. The minimum atomic E-state index is -3.76. The fraction of sp³-hybridized carbons (Fsp3) is 0.250. The summed E-state index contributed by atoms with van der Waals surface area (Å²) in [6.07, 6.45) is 2.45. The van der Waals surface area contributed by atoms with E-state index in [9.17, 15) is 18.0 Å². The van der Waals surface area contributed by atoms with Crippen LogP contribution in [-0.4, -0.2) is 52.0 Å². The highest BCUT2D eigenvalue weighted by Crippen LogP contribution is 2.24. The Morgan fingerprint density at radius 1 is 0.949 bits per heavy atom. The lowest BCUT2D eigenvalue weighted by atomic mass is 10.2. The summed E-state index contributed by atoms with van der Waals surface area (Å²) in [6, 6.07) is 21.7. The topological polar surface area (TPSA) is 126 Å². The van der Waals surface area contributed by atoms with E-state index in [0.717, 1.165) is 16.1 Å². The van der Waals surface area contributed by atoms with E-state index in [1.165, 1.54) is 13.1 Å². The number of carbonyl (C=O) groups excluding carboxylic acids is 2. The summed E-state index contributed by atoms with van der Waals surface area (Å²) in [5, 5.41) is 6.74. The zero-order valence-corrected chi connectivity index (χ0v) is 22.9. The van der Waals surface area contributed by atoms with Crippen molar-refractivity contribution < 1.29 is 27.5 Å². The highest BCUT2D eigenvalue weighted by molar-refractivity contribution is 7.92. The van der Waals surface area contributed by atoms with Gasteiger partial charge < -0.3 is 14.8 Å². The van der Waals surface area contributed by atoms with Crippen LogP contribution in [0.4, 0.5) is 5.69 Å². The van der Waals surface area contributed by atoms with E-state index in [0.29, 0.717) is 35.9 Å². The lowest BCUT2D eigenvalue weighted by molar-refractivity contribution is -0.123. The number of benzene rings is 3. The highest BCUT2D eigenvalue weighted by Gasteiger charge is 2.29. The van der Waals surface area contributed by atoms with Crippen LogP contribution in [0, 0.1) is 0 Å². The van der Waals surface area contributed by atoms with Crippen molar-refractivity contribution in [1.29, 1.82) is 0 Å². The van der Waals surface area contributed by atoms with E-state index in [2.05, 4.69) is 15.8 Å². The van der Waals surface area contributed by atoms with Gasteiger partial charge in [0.25, 0.3) is 11.8 Å². The standard InChI is InChI=1S/C28H32N4O6S/c1-4-37-25-16-12-24(13-17-25)32(39(3,35)36)21(2)28(34)31-30-19-23-10-14-26(15-11-23)38-20-27(33)29-18-22-8-6-5-7-9-22/h5-17,19,21H,4,18,20H2,1-3H3,(H,29,33)(H,31,34)/b30-19-/t21-/m0/s1. The van der Waals surface area contributed by atoms with E-state index in [4.69, 9.17) is 9.47 Å². The van der Waals surface area contributed by atoms with Gasteiger partial charge in [-0.05, 0) is 73.5 Å². The molecule has 0 heterocycles. The summed E-state index contributed by atoms with van der Waals surface area (Å²) in [6.45, 7) is 4.10. The molecule has 0 aliphatic rings. The summed E-state index contributed by atoms with van der Waals surface area (Å²) in [5.41, 5.74) is 4.37. The number of hydrazone groups is 1. The molecule has 0 saturated heterocycles. The number of ether oxygens (including phenoxy) is 2. The zero-order valence-electron chi connectivity index (χ0n) is 22.0. The molecular weight excluding hydrogens is 520 g/mol. The number of rotatable bonds is 13. The van der Waals surface area contributed by atoms with Crippen LogP contribution in [0.2, 0.25) is 0 Å². The number of hydrogen-bond acceptors (Lipinski definition) is 7. The van der Waals surface area contributed by atoms with Crippen LogP contribution < -0.4 is 24.5 Å². The molecule has 0 radical (unpaired) electrons. The van der Waals surface area contributed by atoms with E-state index in [1.807, 2.05) is 37.3 Å². The Balaban J connectivity index is 1.51. The Hall–Kier alpha value is -4.38. The van der Waals surface area contributed by atoms with Crippen molar-refractivity contribution >= 4 is 33.7 Å². The third-order valence-electron chi connectivity index (χ3n) is 5.46. The predicted molar refractivity (Wildman–Crippen MR) is 150 cm³/mol. The molecule has 206 valence electrons. The number of hydrogen-bond donors (Lipinski definition) is 2. The minimum Gasteiger partial charge on any atom is -0.494 e. The summed E-state index contributed by atoms with van der Waals surface area (Å²) in [7, 11) is -3.76. The van der Waals surface area contributed by atoms with Crippen LogP contribution in [0.5, 0.6) is 11.5 Å². The second-order valence-corrected chi connectivity index (χ2v) is 10.4. The molecule has 11 heteroatoms. The largest absolute Gasteiger partial charge is 0.494 e. The smallest absolute Gasteiger partial charge is 0.263 e. The number of carbonyl (C=O) groups is 2. The second-order valence-electron chi connectivity index (χ2n) is 8.52. The van der Waals surface area contributed by atoms with Crippen LogP contribution in [0.1, 0.15) is 25.0 Å². The minimum absolute atomic E-state index is 0.126. The third-order valence-corrected chi connectivity index (χ3v) is 6.70. The van der Waals surface area contributed by atoms with Crippen molar-refractivity contribution in [3.63, 3.8) is 0 Å². The number of sulfonamides is 1. The number of anilines is 1. The summed E-state index contributed by atoms with van der Waals surface area (Å²) in [5.74, 6) is 0.250. The van der Waals surface area contributed by atoms with Gasteiger partial charge in [-0.15, -0.1) is 0 Å². The monoisotopic (exact) mass is 552 g/mol. The van der Waals surface area contributed by atoms with Crippen LogP contribution in [0.15, 0.2) is 84.0 Å². The number of nitrogens with zero attached hydrogens (tertiary/aromatic N) is 2. The molecule has 3 aromatic rings. The third kappa shape index (κ3) is 9.15. The fourth-order valence-electron chi connectivity index (χ4n) is 3.58. The van der Waals surface area contributed by atoms with Gasteiger partial charge in [0.2, 0.25) is 10.0 Å². The Bertz CT molecular complexity index is 1360. The van der Waals surface area contributed by atoms with Crippen LogP contribution in [0.3, 0.4) is 0 Å². The van der Waals surface area contributed by atoms with Crippen molar-refractivity contribution in [2.75, 3.05) is 23.8 Å². The summed E-state index contributed by atoms with van der Waals surface area (Å²) in [4.78, 5) is 24.7. The van der Waals surface area contributed by atoms with Gasteiger partial charge >= 0.3 is 0 Å². The van der Waals surface area contributed by atoms with Gasteiger partial charge in [0.05, 0.1) is 24.8 Å². The molecule has 0 aliphatic heterocycles. The molecule has 0 saturated carbocycles. The van der Waals surface area contributed by atoms with E-state index < -0.39 is 22.0 Å². The van der Waals surface area contributed by atoms with E-state index in [-0.39, 0.29) is 12.5 Å². The molecule has 0 bridgehead atoms. The predicted octanol–water partition coefficient (Wildman–Crippen LogP) is 3.09. The average Bonchev–Trinajstić information content (AvgIpc) is 2.92. The van der Waals surface area contributed by atoms with Crippen molar-refractivity contribution in [2.45, 2.75) is 26.4 Å². The molecule has 0 spiro atoms. The molecular formula is C28H32N4O6S. The first-order chi connectivity index (χ1) is 18.7. The number of amides is 2. The normalized spacial score (nSPS) is 12.0. The van der Waals surface area contributed by atoms with Crippen molar-refractivity contribution in [3.8, 4) is 11.5 Å². The van der Waals surface area contributed by atoms with Gasteiger partial charge in [0, 0.05) is 6.54 Å². The molecule has 2 amide bonds. The quantitative estimate of drug-likeness (QED) is 0.248. The summed E-state index contributed by atoms with van der Waals surface area (Å²) >= 11 is 0. The SMILES string of the molecule is CCOc1ccc(N([C@@H](C)C(=O)N/N=C\c2ccc(OCC(=O)NCc3ccccc3)cc2)S(C)(=O)=O)cc1. The molecule has 0 aliphatic carbocycles. The second kappa shape index (κ2) is 14.0. The molecule has 0 unspecified atom stereocenters. The Labute approximate surface area is 228 Å². The van der Waals surface area contributed by atoms with E-state index in [1.54, 1.807) is 48.5 Å². The first kappa shape index (κ1) is 29.2. The van der Waals surface area contributed by atoms with Gasteiger partial charge in [0.1, 0.15) is 17.5 Å². The van der Waals surface area contributed by atoms with Gasteiger partial charge in [-0.25, -0.2) is 13.8 Å². The van der Waals surface area contributed by atoms with Gasteiger partial charge in [0.15, 0.2) is 6.61 Å². The molecule has 0 aromatic heterocycles. The molecule has 0 fully saturated rings. The van der Waals surface area contributed by atoms with Gasteiger partial charge in [-0.1, -0.05) is 30.3 Å². The van der Waals surface area contributed by atoms with Crippen LogP contribution >= 0.6 is 0 Å². The summed E-state index contributed by atoms with van der Waals surface area (Å²) < 4.78 is 36.8. The Morgan fingerprint density at radius 2 is 1.56 bits per heavy atom. The van der Waals surface area contributed by atoms with Crippen molar-refractivity contribution in [3.05, 3.63) is 90.0 Å². The molecule has 2 N–H and O–H groups in total. The number of nitrogens with one attached hydrogen (secondary N) is 2. The van der Waals surface area contributed by atoms with Crippen molar-refractivity contribution in [1.82, 2.24) is 10.7 Å². The molecule has 39 heavy (non-hydrogen) atoms.